The third-order valence-electron chi connectivity index (χ3n) is 1.94. The molecule has 4 heteroatoms. The second-order valence-electron chi connectivity index (χ2n) is 3.41. The van der Waals surface area contributed by atoms with Crippen LogP contribution in [0.1, 0.15) is 18.9 Å². The van der Waals surface area contributed by atoms with Gasteiger partial charge in [-0.3, -0.25) is 4.79 Å². The molecule has 1 aromatic carbocycles. The molecule has 0 radical (unpaired) electrons. The quantitative estimate of drug-likeness (QED) is 0.833. The number of hydrogen-bond acceptors (Lipinski definition) is 2. The molecule has 16 heavy (non-hydrogen) atoms. The number of halogens is 1. The van der Waals surface area contributed by atoms with E-state index in [0.29, 0.717) is 0 Å². The highest BCUT2D eigenvalue weighted by Gasteiger charge is 2.03. The average molecular weight is 242 g/mol. The Morgan fingerprint density at radius 3 is 2.62 bits per heavy atom. The molecule has 0 saturated carbocycles. The fourth-order valence-electron chi connectivity index (χ4n) is 1.19. The van der Waals surface area contributed by atoms with Crippen LogP contribution in [0.4, 0.5) is 0 Å². The molecule has 0 amide bonds. The Bertz CT molecular complexity index is 338. The van der Waals surface area contributed by atoms with Crippen LogP contribution in [0.15, 0.2) is 36.5 Å². The van der Waals surface area contributed by atoms with E-state index in [1.54, 1.807) is 6.20 Å². The summed E-state index contributed by atoms with van der Waals surface area (Å²) in [5, 5.41) is 11.5. The number of carboxylic acid groups (broad SMARTS) is 1. The fourth-order valence-corrected chi connectivity index (χ4v) is 1.19. The predicted octanol–water partition coefficient (Wildman–Crippen LogP) is 2.53. The van der Waals surface area contributed by atoms with Crippen LogP contribution in [-0.4, -0.2) is 17.1 Å². The first-order valence-electron chi connectivity index (χ1n) is 4.88. The van der Waals surface area contributed by atoms with Gasteiger partial charge < -0.3 is 10.4 Å². The van der Waals surface area contributed by atoms with Crippen molar-refractivity contribution in [3.8, 4) is 0 Å². The molecular weight excluding hydrogens is 226 g/mol. The van der Waals surface area contributed by atoms with Gasteiger partial charge in [-0.25, -0.2) is 0 Å². The standard InChI is InChI=1S/C12H15NO2.ClH/c1-10(9-12(14)15)13-8-7-11-5-3-2-4-6-11;/h2-8,10,13H,9H2,1H3,(H,14,15);1H/t10-;/m0./s1. The maximum Gasteiger partial charge on any atom is 0.305 e. The minimum absolute atomic E-state index is 0. The molecule has 0 aromatic heterocycles. The van der Waals surface area contributed by atoms with Gasteiger partial charge >= 0.3 is 5.97 Å². The van der Waals surface area contributed by atoms with Gasteiger partial charge in [0.05, 0.1) is 6.42 Å². The van der Waals surface area contributed by atoms with Gasteiger partial charge in [-0.1, -0.05) is 30.3 Å². The van der Waals surface area contributed by atoms with E-state index >= 15 is 0 Å². The molecule has 3 nitrogen and oxygen atoms in total. The molecule has 88 valence electrons. The van der Waals surface area contributed by atoms with Crippen molar-refractivity contribution in [1.29, 1.82) is 0 Å². The van der Waals surface area contributed by atoms with Crippen LogP contribution in [-0.2, 0) is 4.79 Å². The Morgan fingerprint density at radius 2 is 2.06 bits per heavy atom. The topological polar surface area (TPSA) is 49.3 Å². The lowest BCUT2D eigenvalue weighted by molar-refractivity contribution is -0.137. The van der Waals surface area contributed by atoms with Crippen molar-refractivity contribution in [3.63, 3.8) is 0 Å². The molecule has 1 atom stereocenters. The third kappa shape index (κ3) is 6.09. The normalized spacial score (nSPS) is 11.8. The highest BCUT2D eigenvalue weighted by Crippen LogP contribution is 2.00. The van der Waals surface area contributed by atoms with Crippen LogP contribution in [0, 0.1) is 0 Å². The molecule has 0 fully saturated rings. The van der Waals surface area contributed by atoms with Crippen molar-refractivity contribution in [2.75, 3.05) is 0 Å². The summed E-state index contributed by atoms with van der Waals surface area (Å²) in [4.78, 5) is 10.4. The molecule has 0 spiro atoms. The number of carboxylic acids is 1. The first-order valence-corrected chi connectivity index (χ1v) is 4.88. The van der Waals surface area contributed by atoms with Gasteiger partial charge in [0.15, 0.2) is 0 Å². The van der Waals surface area contributed by atoms with Crippen molar-refractivity contribution < 1.29 is 9.90 Å². The summed E-state index contributed by atoms with van der Waals surface area (Å²) < 4.78 is 0. The second-order valence-corrected chi connectivity index (χ2v) is 3.41. The zero-order valence-corrected chi connectivity index (χ0v) is 9.91. The number of aliphatic carboxylic acids is 1. The van der Waals surface area contributed by atoms with Crippen LogP contribution in [0.25, 0.3) is 6.08 Å². The SMILES string of the molecule is C[C@@H](CC(=O)O)NC=Cc1ccccc1.Cl. The van der Waals surface area contributed by atoms with E-state index < -0.39 is 5.97 Å². The molecular formula is C12H16ClNO2. The highest BCUT2D eigenvalue weighted by molar-refractivity contribution is 5.85. The number of nitrogens with one attached hydrogen (secondary N) is 1. The molecule has 0 heterocycles. The largest absolute Gasteiger partial charge is 0.481 e. The van der Waals surface area contributed by atoms with Crippen molar-refractivity contribution in [2.24, 2.45) is 0 Å². The van der Waals surface area contributed by atoms with Gasteiger partial charge in [-0.05, 0) is 24.8 Å². The number of carbonyl (C=O) groups is 1. The molecule has 0 bridgehead atoms. The van der Waals surface area contributed by atoms with Gasteiger partial charge in [0.2, 0.25) is 0 Å². The van der Waals surface area contributed by atoms with E-state index in [4.69, 9.17) is 5.11 Å². The Morgan fingerprint density at radius 1 is 1.44 bits per heavy atom. The lowest BCUT2D eigenvalue weighted by Gasteiger charge is -2.07. The highest BCUT2D eigenvalue weighted by atomic mass is 35.5. The summed E-state index contributed by atoms with van der Waals surface area (Å²) >= 11 is 0. The predicted molar refractivity (Wildman–Crippen MR) is 67.6 cm³/mol. The Balaban J connectivity index is 0.00000225. The van der Waals surface area contributed by atoms with Crippen LogP contribution >= 0.6 is 12.4 Å². The molecule has 0 aliphatic carbocycles. The number of hydrogen-bond donors (Lipinski definition) is 2. The average Bonchev–Trinajstić information content (AvgIpc) is 2.18. The van der Waals surface area contributed by atoms with Crippen LogP contribution < -0.4 is 5.32 Å². The first kappa shape index (κ1) is 14.5. The Hall–Kier alpha value is -1.48. The summed E-state index contributed by atoms with van der Waals surface area (Å²) in [5.74, 6) is -0.789. The summed E-state index contributed by atoms with van der Waals surface area (Å²) in [5.41, 5.74) is 1.09. The number of benzene rings is 1. The molecule has 2 N–H and O–H groups in total. The van der Waals surface area contributed by atoms with E-state index in [9.17, 15) is 4.79 Å². The molecule has 0 unspecified atom stereocenters. The van der Waals surface area contributed by atoms with E-state index in [1.165, 1.54) is 0 Å². The smallest absolute Gasteiger partial charge is 0.305 e. The first-order chi connectivity index (χ1) is 7.18. The van der Waals surface area contributed by atoms with E-state index in [2.05, 4.69) is 5.32 Å². The lowest BCUT2D eigenvalue weighted by atomic mass is 10.2. The Kier molecular flexibility index (Phi) is 7.05. The van der Waals surface area contributed by atoms with Crippen molar-refractivity contribution in [1.82, 2.24) is 5.32 Å². The third-order valence-corrected chi connectivity index (χ3v) is 1.94. The molecule has 0 saturated heterocycles. The molecule has 1 aromatic rings. The van der Waals surface area contributed by atoms with Gasteiger partial charge in [0, 0.05) is 6.04 Å². The summed E-state index contributed by atoms with van der Waals surface area (Å²) in [6.07, 6.45) is 3.82. The van der Waals surface area contributed by atoms with Gasteiger partial charge in [-0.15, -0.1) is 12.4 Å². The van der Waals surface area contributed by atoms with Gasteiger partial charge in [0.1, 0.15) is 0 Å². The zero-order valence-electron chi connectivity index (χ0n) is 9.09. The zero-order chi connectivity index (χ0) is 11.1. The minimum atomic E-state index is -0.789. The molecule has 1 rings (SSSR count). The second kappa shape index (κ2) is 7.77. The number of rotatable bonds is 5. The van der Waals surface area contributed by atoms with Crippen LogP contribution in [0.5, 0.6) is 0 Å². The maximum absolute atomic E-state index is 10.4. The van der Waals surface area contributed by atoms with Crippen molar-refractivity contribution in [2.45, 2.75) is 19.4 Å². The van der Waals surface area contributed by atoms with Crippen molar-refractivity contribution in [3.05, 3.63) is 42.1 Å². The van der Waals surface area contributed by atoms with E-state index in [-0.39, 0.29) is 24.9 Å². The summed E-state index contributed by atoms with van der Waals surface area (Å²) in [6.45, 7) is 1.84. The fraction of sp³-hybridized carbons (Fsp3) is 0.250. The van der Waals surface area contributed by atoms with Gasteiger partial charge in [0.25, 0.3) is 0 Å². The van der Waals surface area contributed by atoms with Crippen LogP contribution in [0.3, 0.4) is 0 Å². The van der Waals surface area contributed by atoms with Crippen LogP contribution in [0.2, 0.25) is 0 Å². The minimum Gasteiger partial charge on any atom is -0.481 e. The molecule has 0 aliphatic rings. The summed E-state index contributed by atoms with van der Waals surface area (Å²) in [7, 11) is 0. The van der Waals surface area contributed by atoms with Crippen molar-refractivity contribution >= 4 is 24.5 Å². The van der Waals surface area contributed by atoms with Gasteiger partial charge in [-0.2, -0.15) is 0 Å². The van der Waals surface area contributed by atoms with E-state index in [0.717, 1.165) is 5.56 Å². The monoisotopic (exact) mass is 241 g/mol. The maximum atomic E-state index is 10.4. The Labute approximate surface area is 102 Å². The lowest BCUT2D eigenvalue weighted by Crippen LogP contribution is -2.23. The molecule has 0 aliphatic heterocycles. The summed E-state index contributed by atoms with van der Waals surface area (Å²) in [6, 6.07) is 9.79. The van der Waals surface area contributed by atoms with E-state index in [1.807, 2.05) is 43.3 Å².